The summed E-state index contributed by atoms with van der Waals surface area (Å²) in [6.07, 6.45) is 13.4. The van der Waals surface area contributed by atoms with Gasteiger partial charge in [0.2, 0.25) is 0 Å². The normalized spacial score (nSPS) is 24.9. The standard InChI is InChI=1S/C15H27NO/c17-12-4-9-16-10-7-15(8-11-16)13-14-5-2-1-3-6-14/h12,14-15H,1-11,13H2. The van der Waals surface area contributed by atoms with Crippen molar-refractivity contribution in [1.29, 1.82) is 0 Å². The highest BCUT2D eigenvalue weighted by molar-refractivity contribution is 5.49. The molecule has 1 saturated heterocycles. The molecule has 0 amide bonds. The molecular formula is C15H27NO. The number of piperidine rings is 1. The lowest BCUT2D eigenvalue weighted by Crippen LogP contribution is -2.35. The first kappa shape index (κ1) is 13.1. The summed E-state index contributed by atoms with van der Waals surface area (Å²) < 4.78 is 0. The van der Waals surface area contributed by atoms with Crippen LogP contribution in [0, 0.1) is 11.8 Å². The molecule has 98 valence electrons. The summed E-state index contributed by atoms with van der Waals surface area (Å²) in [4.78, 5) is 12.8. The summed E-state index contributed by atoms with van der Waals surface area (Å²) in [5, 5.41) is 0. The fraction of sp³-hybridized carbons (Fsp3) is 0.933. The number of carbonyl (C=O) groups is 1. The number of hydrogen-bond donors (Lipinski definition) is 0. The fourth-order valence-electron chi connectivity index (χ4n) is 3.58. The second kappa shape index (κ2) is 7.15. The van der Waals surface area contributed by atoms with Gasteiger partial charge in [-0.25, -0.2) is 0 Å². The third-order valence-corrected chi connectivity index (χ3v) is 4.66. The van der Waals surface area contributed by atoms with E-state index in [9.17, 15) is 4.79 Å². The first-order valence-corrected chi connectivity index (χ1v) is 7.54. The van der Waals surface area contributed by atoms with Gasteiger partial charge in [-0.3, -0.25) is 0 Å². The fourth-order valence-corrected chi connectivity index (χ4v) is 3.58. The predicted molar refractivity (Wildman–Crippen MR) is 71.0 cm³/mol. The maximum absolute atomic E-state index is 10.3. The molecule has 1 aliphatic carbocycles. The molecule has 0 radical (unpaired) electrons. The zero-order chi connectivity index (χ0) is 11.9. The quantitative estimate of drug-likeness (QED) is 0.684. The van der Waals surface area contributed by atoms with E-state index in [0.29, 0.717) is 6.42 Å². The Labute approximate surface area is 106 Å². The summed E-state index contributed by atoms with van der Waals surface area (Å²) in [7, 11) is 0. The van der Waals surface area contributed by atoms with Crippen LogP contribution in [0.4, 0.5) is 0 Å². The second-order valence-corrected chi connectivity index (χ2v) is 5.98. The van der Waals surface area contributed by atoms with E-state index < -0.39 is 0 Å². The maximum atomic E-state index is 10.3. The Morgan fingerprint density at radius 1 is 0.941 bits per heavy atom. The van der Waals surface area contributed by atoms with Gasteiger partial charge >= 0.3 is 0 Å². The van der Waals surface area contributed by atoms with Gasteiger partial charge < -0.3 is 9.69 Å². The highest BCUT2D eigenvalue weighted by atomic mass is 16.1. The van der Waals surface area contributed by atoms with Crippen LogP contribution in [-0.4, -0.2) is 30.8 Å². The lowest BCUT2D eigenvalue weighted by atomic mass is 9.80. The molecule has 1 heterocycles. The van der Waals surface area contributed by atoms with E-state index in [1.165, 1.54) is 64.5 Å². The van der Waals surface area contributed by atoms with E-state index in [1.807, 2.05) is 0 Å². The molecule has 2 heteroatoms. The SMILES string of the molecule is O=CCCN1CCC(CC2CCCCC2)CC1. The van der Waals surface area contributed by atoms with Crippen molar-refractivity contribution in [2.24, 2.45) is 11.8 Å². The van der Waals surface area contributed by atoms with E-state index in [1.54, 1.807) is 0 Å². The maximum Gasteiger partial charge on any atom is 0.121 e. The average Bonchev–Trinajstić information content (AvgIpc) is 2.39. The third kappa shape index (κ3) is 4.42. The van der Waals surface area contributed by atoms with Crippen molar-refractivity contribution in [2.75, 3.05) is 19.6 Å². The zero-order valence-corrected chi connectivity index (χ0v) is 11.1. The molecule has 0 spiro atoms. The van der Waals surface area contributed by atoms with E-state index in [-0.39, 0.29) is 0 Å². The highest BCUT2D eigenvalue weighted by Gasteiger charge is 2.23. The number of aldehydes is 1. The van der Waals surface area contributed by atoms with Crippen molar-refractivity contribution >= 4 is 6.29 Å². The lowest BCUT2D eigenvalue weighted by molar-refractivity contribution is -0.108. The molecular weight excluding hydrogens is 210 g/mol. The van der Waals surface area contributed by atoms with Crippen molar-refractivity contribution in [3.8, 4) is 0 Å². The van der Waals surface area contributed by atoms with Crippen LogP contribution in [0.3, 0.4) is 0 Å². The number of hydrogen-bond acceptors (Lipinski definition) is 2. The molecule has 2 rings (SSSR count). The molecule has 2 nitrogen and oxygen atoms in total. The third-order valence-electron chi connectivity index (χ3n) is 4.66. The number of nitrogens with zero attached hydrogens (tertiary/aromatic N) is 1. The molecule has 0 unspecified atom stereocenters. The largest absolute Gasteiger partial charge is 0.303 e. The Kier molecular flexibility index (Phi) is 5.50. The van der Waals surface area contributed by atoms with Crippen molar-refractivity contribution < 1.29 is 4.79 Å². The van der Waals surface area contributed by atoms with Crippen LogP contribution in [0.2, 0.25) is 0 Å². The minimum absolute atomic E-state index is 0.716. The van der Waals surface area contributed by atoms with Gasteiger partial charge in [-0.05, 0) is 44.2 Å². The van der Waals surface area contributed by atoms with Crippen molar-refractivity contribution in [2.45, 2.75) is 57.8 Å². The number of rotatable bonds is 5. The molecule has 0 N–H and O–H groups in total. The Balaban J connectivity index is 1.62. The van der Waals surface area contributed by atoms with Gasteiger partial charge in [-0.2, -0.15) is 0 Å². The molecule has 1 saturated carbocycles. The minimum atomic E-state index is 0.716. The van der Waals surface area contributed by atoms with Crippen LogP contribution in [0.5, 0.6) is 0 Å². The van der Waals surface area contributed by atoms with E-state index in [4.69, 9.17) is 0 Å². The molecule has 1 aliphatic heterocycles. The number of likely N-dealkylation sites (tertiary alicyclic amines) is 1. The van der Waals surface area contributed by atoms with Crippen molar-refractivity contribution in [3.05, 3.63) is 0 Å². The van der Waals surface area contributed by atoms with Gasteiger partial charge in [0, 0.05) is 13.0 Å². The monoisotopic (exact) mass is 237 g/mol. The van der Waals surface area contributed by atoms with Gasteiger partial charge in [0.05, 0.1) is 0 Å². The van der Waals surface area contributed by atoms with Crippen LogP contribution in [0.25, 0.3) is 0 Å². The molecule has 2 aliphatic rings. The highest BCUT2D eigenvalue weighted by Crippen LogP contribution is 2.32. The zero-order valence-electron chi connectivity index (χ0n) is 11.1. The van der Waals surface area contributed by atoms with Crippen LogP contribution in [-0.2, 0) is 4.79 Å². The van der Waals surface area contributed by atoms with Gasteiger partial charge in [0.15, 0.2) is 0 Å². The minimum Gasteiger partial charge on any atom is -0.303 e. The molecule has 0 atom stereocenters. The van der Waals surface area contributed by atoms with E-state index >= 15 is 0 Å². The second-order valence-electron chi connectivity index (χ2n) is 5.98. The Morgan fingerprint density at radius 2 is 1.59 bits per heavy atom. The summed E-state index contributed by atoms with van der Waals surface area (Å²) >= 11 is 0. The summed E-state index contributed by atoms with van der Waals surface area (Å²) in [5.74, 6) is 2.01. The van der Waals surface area contributed by atoms with Gasteiger partial charge in [0.25, 0.3) is 0 Å². The van der Waals surface area contributed by atoms with Crippen LogP contribution >= 0.6 is 0 Å². The number of carbonyl (C=O) groups excluding carboxylic acids is 1. The first-order valence-electron chi connectivity index (χ1n) is 7.54. The topological polar surface area (TPSA) is 20.3 Å². The Hall–Kier alpha value is -0.370. The van der Waals surface area contributed by atoms with Gasteiger partial charge in [0.1, 0.15) is 6.29 Å². The Bertz CT molecular complexity index is 215. The summed E-state index contributed by atoms with van der Waals surface area (Å²) in [6.45, 7) is 3.44. The predicted octanol–water partition coefficient (Wildman–Crippen LogP) is 3.26. The summed E-state index contributed by atoms with van der Waals surface area (Å²) in [6, 6.07) is 0. The molecule has 0 aromatic carbocycles. The smallest absolute Gasteiger partial charge is 0.121 e. The first-order chi connectivity index (χ1) is 8.38. The molecule has 0 bridgehead atoms. The Morgan fingerprint density at radius 3 is 2.24 bits per heavy atom. The van der Waals surface area contributed by atoms with Gasteiger partial charge in [-0.15, -0.1) is 0 Å². The molecule has 0 aromatic rings. The average molecular weight is 237 g/mol. The van der Waals surface area contributed by atoms with Crippen LogP contribution in [0.15, 0.2) is 0 Å². The van der Waals surface area contributed by atoms with E-state index in [0.717, 1.165) is 24.7 Å². The molecule has 0 aromatic heterocycles. The lowest BCUT2D eigenvalue weighted by Gasteiger charge is -2.34. The molecule has 17 heavy (non-hydrogen) atoms. The van der Waals surface area contributed by atoms with Crippen molar-refractivity contribution in [3.63, 3.8) is 0 Å². The van der Waals surface area contributed by atoms with Crippen LogP contribution in [0.1, 0.15) is 57.8 Å². The van der Waals surface area contributed by atoms with Crippen molar-refractivity contribution in [1.82, 2.24) is 4.90 Å². The van der Waals surface area contributed by atoms with Gasteiger partial charge in [-0.1, -0.05) is 32.1 Å². The van der Waals surface area contributed by atoms with E-state index in [2.05, 4.69) is 4.90 Å². The molecule has 2 fully saturated rings. The summed E-state index contributed by atoms with van der Waals surface area (Å²) in [5.41, 5.74) is 0. The van der Waals surface area contributed by atoms with Crippen LogP contribution < -0.4 is 0 Å².